The Kier molecular flexibility index (Phi) is 5.57. The first-order valence-electron chi connectivity index (χ1n) is 7.78. The highest BCUT2D eigenvalue weighted by Crippen LogP contribution is 2.21. The fourth-order valence-corrected chi connectivity index (χ4v) is 3.92. The Morgan fingerprint density at radius 3 is 2.83 bits per heavy atom. The molecule has 6 nitrogen and oxygen atoms in total. The standard InChI is InChI=1S/C16H18BrN3O3S/c1-2-20-15(22)12-9-11(17)3-4-13(12)18-16(20)24-10-14(21)19-5-7-23-8-6-19/h3-4,9H,2,5-8,10H2,1H3. The van der Waals surface area contributed by atoms with Crippen LogP contribution in [0.4, 0.5) is 0 Å². The van der Waals surface area contributed by atoms with Crippen LogP contribution in [0, 0.1) is 0 Å². The van der Waals surface area contributed by atoms with Gasteiger partial charge in [0, 0.05) is 24.1 Å². The molecular formula is C16H18BrN3O3S. The summed E-state index contributed by atoms with van der Waals surface area (Å²) in [4.78, 5) is 31.3. The second kappa shape index (κ2) is 7.67. The number of halogens is 1. The monoisotopic (exact) mass is 411 g/mol. The van der Waals surface area contributed by atoms with Crippen LogP contribution in [0.15, 0.2) is 32.6 Å². The minimum absolute atomic E-state index is 0.0519. The van der Waals surface area contributed by atoms with Crippen LogP contribution < -0.4 is 5.56 Å². The number of benzene rings is 1. The third-order valence-corrected chi connectivity index (χ3v) is 5.34. The van der Waals surface area contributed by atoms with Gasteiger partial charge in [-0.05, 0) is 25.1 Å². The van der Waals surface area contributed by atoms with Crippen molar-refractivity contribution in [3.05, 3.63) is 33.0 Å². The number of hydrogen-bond donors (Lipinski definition) is 0. The van der Waals surface area contributed by atoms with Crippen LogP contribution in [0.1, 0.15) is 6.92 Å². The van der Waals surface area contributed by atoms with Crippen molar-refractivity contribution < 1.29 is 9.53 Å². The lowest BCUT2D eigenvalue weighted by molar-refractivity contribution is -0.132. The van der Waals surface area contributed by atoms with E-state index in [1.165, 1.54) is 11.8 Å². The first-order valence-corrected chi connectivity index (χ1v) is 9.56. The quantitative estimate of drug-likeness (QED) is 0.569. The number of hydrogen-bond acceptors (Lipinski definition) is 5. The Morgan fingerprint density at radius 2 is 2.12 bits per heavy atom. The van der Waals surface area contributed by atoms with Gasteiger partial charge in [0.15, 0.2) is 5.16 Å². The predicted octanol–water partition coefficient (Wildman–Crippen LogP) is 2.13. The maximum atomic E-state index is 12.7. The third kappa shape index (κ3) is 3.65. The van der Waals surface area contributed by atoms with Gasteiger partial charge in [-0.2, -0.15) is 0 Å². The summed E-state index contributed by atoms with van der Waals surface area (Å²) < 4.78 is 7.72. The zero-order valence-electron chi connectivity index (χ0n) is 13.3. The highest BCUT2D eigenvalue weighted by Gasteiger charge is 2.18. The van der Waals surface area contributed by atoms with E-state index in [1.807, 2.05) is 19.1 Å². The summed E-state index contributed by atoms with van der Waals surface area (Å²) in [6.45, 7) is 4.83. The lowest BCUT2D eigenvalue weighted by Gasteiger charge is -2.26. The van der Waals surface area contributed by atoms with E-state index < -0.39 is 0 Å². The van der Waals surface area contributed by atoms with Crippen molar-refractivity contribution in [3.8, 4) is 0 Å². The van der Waals surface area contributed by atoms with Gasteiger partial charge < -0.3 is 9.64 Å². The molecule has 3 rings (SSSR count). The molecule has 1 amide bonds. The van der Waals surface area contributed by atoms with Gasteiger partial charge in [-0.25, -0.2) is 4.98 Å². The van der Waals surface area contributed by atoms with Gasteiger partial charge >= 0.3 is 0 Å². The summed E-state index contributed by atoms with van der Waals surface area (Å²) in [7, 11) is 0. The second-order valence-corrected chi connectivity index (χ2v) is 7.25. The van der Waals surface area contributed by atoms with Crippen molar-refractivity contribution in [2.45, 2.75) is 18.6 Å². The molecule has 1 aromatic heterocycles. The molecule has 1 aliphatic heterocycles. The number of thioether (sulfide) groups is 1. The zero-order valence-corrected chi connectivity index (χ0v) is 15.7. The van der Waals surface area contributed by atoms with Crippen LogP contribution in [0.25, 0.3) is 10.9 Å². The van der Waals surface area contributed by atoms with Gasteiger partial charge in [-0.3, -0.25) is 14.2 Å². The van der Waals surface area contributed by atoms with E-state index in [-0.39, 0.29) is 17.2 Å². The molecule has 8 heteroatoms. The van der Waals surface area contributed by atoms with Crippen molar-refractivity contribution in [3.63, 3.8) is 0 Å². The largest absolute Gasteiger partial charge is 0.378 e. The van der Waals surface area contributed by atoms with Crippen molar-refractivity contribution >= 4 is 44.5 Å². The number of amides is 1. The maximum Gasteiger partial charge on any atom is 0.262 e. The topological polar surface area (TPSA) is 64.4 Å². The SMILES string of the molecule is CCn1c(SCC(=O)N2CCOCC2)nc2ccc(Br)cc2c1=O. The van der Waals surface area contributed by atoms with Crippen LogP contribution in [-0.4, -0.2) is 52.4 Å². The Morgan fingerprint density at radius 1 is 1.38 bits per heavy atom. The molecular weight excluding hydrogens is 394 g/mol. The van der Waals surface area contributed by atoms with Crippen LogP contribution in [0.5, 0.6) is 0 Å². The normalized spacial score (nSPS) is 15.0. The summed E-state index contributed by atoms with van der Waals surface area (Å²) in [6.07, 6.45) is 0. The van der Waals surface area contributed by atoms with E-state index in [4.69, 9.17) is 4.74 Å². The highest BCUT2D eigenvalue weighted by molar-refractivity contribution is 9.10. The molecule has 0 saturated carbocycles. The third-order valence-electron chi connectivity index (χ3n) is 3.89. The number of carbonyl (C=O) groups excluding carboxylic acids is 1. The Labute approximate surface area is 152 Å². The fourth-order valence-electron chi connectivity index (χ4n) is 2.59. The molecule has 128 valence electrons. The van der Waals surface area contributed by atoms with E-state index in [9.17, 15) is 9.59 Å². The first-order chi connectivity index (χ1) is 11.6. The van der Waals surface area contributed by atoms with Crippen LogP contribution in [0.3, 0.4) is 0 Å². The van der Waals surface area contributed by atoms with Gasteiger partial charge in [0.05, 0.1) is 29.9 Å². The summed E-state index contributed by atoms with van der Waals surface area (Å²) in [5.74, 6) is 0.324. The molecule has 0 radical (unpaired) electrons. The number of nitrogens with zero attached hydrogens (tertiary/aromatic N) is 3. The number of morpholine rings is 1. The molecule has 1 fully saturated rings. The van der Waals surface area contributed by atoms with Crippen molar-refractivity contribution in [1.29, 1.82) is 0 Å². The van der Waals surface area contributed by atoms with Crippen molar-refractivity contribution in [1.82, 2.24) is 14.5 Å². The average molecular weight is 412 g/mol. The minimum Gasteiger partial charge on any atom is -0.378 e. The van der Waals surface area contributed by atoms with E-state index in [1.54, 1.807) is 15.5 Å². The van der Waals surface area contributed by atoms with Gasteiger partial charge in [0.25, 0.3) is 5.56 Å². The molecule has 0 spiro atoms. The Hall–Kier alpha value is -1.38. The Balaban J connectivity index is 1.84. The summed E-state index contributed by atoms with van der Waals surface area (Å²) >= 11 is 4.70. The highest BCUT2D eigenvalue weighted by atomic mass is 79.9. The molecule has 0 bridgehead atoms. The number of carbonyl (C=O) groups is 1. The maximum absolute atomic E-state index is 12.7. The molecule has 2 aromatic rings. The van der Waals surface area contributed by atoms with Crippen molar-refractivity contribution in [2.75, 3.05) is 32.1 Å². The number of rotatable bonds is 4. The van der Waals surface area contributed by atoms with E-state index in [0.29, 0.717) is 48.9 Å². The van der Waals surface area contributed by atoms with Crippen LogP contribution in [-0.2, 0) is 16.1 Å². The lowest BCUT2D eigenvalue weighted by atomic mass is 10.2. The number of ether oxygens (including phenoxy) is 1. The molecule has 2 heterocycles. The number of aromatic nitrogens is 2. The molecule has 1 aromatic carbocycles. The van der Waals surface area contributed by atoms with Gasteiger partial charge in [0.2, 0.25) is 5.91 Å². The van der Waals surface area contributed by atoms with E-state index in [2.05, 4.69) is 20.9 Å². The van der Waals surface area contributed by atoms with Gasteiger partial charge in [-0.15, -0.1) is 0 Å². The summed E-state index contributed by atoms with van der Waals surface area (Å²) in [6, 6.07) is 5.46. The molecule has 24 heavy (non-hydrogen) atoms. The first kappa shape index (κ1) is 17.4. The summed E-state index contributed by atoms with van der Waals surface area (Å²) in [5.41, 5.74) is 0.569. The molecule has 1 aliphatic rings. The zero-order chi connectivity index (χ0) is 17.1. The van der Waals surface area contributed by atoms with Crippen molar-refractivity contribution in [2.24, 2.45) is 0 Å². The lowest BCUT2D eigenvalue weighted by Crippen LogP contribution is -2.41. The molecule has 0 N–H and O–H groups in total. The van der Waals surface area contributed by atoms with Gasteiger partial charge in [-0.1, -0.05) is 27.7 Å². The Bertz CT molecular complexity index is 818. The smallest absolute Gasteiger partial charge is 0.262 e. The second-order valence-electron chi connectivity index (χ2n) is 5.39. The number of fused-ring (bicyclic) bond motifs is 1. The van der Waals surface area contributed by atoms with Gasteiger partial charge in [0.1, 0.15) is 0 Å². The van der Waals surface area contributed by atoms with Crippen LogP contribution in [0.2, 0.25) is 0 Å². The predicted molar refractivity (Wildman–Crippen MR) is 97.5 cm³/mol. The van der Waals surface area contributed by atoms with E-state index >= 15 is 0 Å². The fraction of sp³-hybridized carbons (Fsp3) is 0.438. The van der Waals surface area contributed by atoms with E-state index in [0.717, 1.165) is 4.47 Å². The molecule has 0 atom stereocenters. The molecule has 1 saturated heterocycles. The summed E-state index contributed by atoms with van der Waals surface area (Å²) in [5, 5.41) is 1.16. The van der Waals surface area contributed by atoms with Crippen LogP contribution >= 0.6 is 27.7 Å². The minimum atomic E-state index is -0.0786. The molecule has 0 aliphatic carbocycles. The average Bonchev–Trinajstić information content (AvgIpc) is 2.61. The molecule has 0 unspecified atom stereocenters.